The standard InChI is InChI=1S/3C7H6O3.2C5H14NO.3C2H4O2.2Ca/c3*8-6-4-2-1-3-5(6)7(9)10;2*1-6(2,3)4-5-7;3*1-2(3)4;;/h3*1-4,8H,(H,9,10);2*7H,4-5H2,1-3H3;3*1H3,(H,3,4);;/q;;;2*+1;;;;2*+2/p-6. The average Bonchev–Trinajstić information content (AvgIpc) is 3.01. The van der Waals surface area contributed by atoms with Gasteiger partial charge in [-0.25, -0.2) is 14.4 Å². The van der Waals surface area contributed by atoms with Crippen molar-refractivity contribution in [3.05, 3.63) is 89.5 Å². The first-order chi connectivity index (χ1) is 25.5. The van der Waals surface area contributed by atoms with Gasteiger partial charge >= 0.3 is 93.4 Å². The number of carboxylic acid groups (broad SMARTS) is 6. The minimum Gasteiger partial charge on any atom is -0.872 e. The van der Waals surface area contributed by atoms with Crippen molar-refractivity contribution in [1.29, 1.82) is 0 Å². The Kier molecular flexibility index (Phi) is 47.6. The number of carbonyl (C=O) groups excluding carboxylic acids is 3. The first-order valence-electron chi connectivity index (χ1n) is 15.8. The Labute approximate surface area is 397 Å². The number of aliphatic carboxylic acids is 3. The number of hydrogen-bond donors (Lipinski definition) is 5. The normalized spacial score (nSPS) is 8.95. The van der Waals surface area contributed by atoms with Crippen molar-refractivity contribution in [1.82, 2.24) is 0 Å². The Morgan fingerprint density at radius 3 is 0.672 bits per heavy atom. The Morgan fingerprint density at radius 1 is 0.448 bits per heavy atom. The third-order valence-corrected chi connectivity index (χ3v) is 4.89. The summed E-state index contributed by atoms with van der Waals surface area (Å²) in [5.74, 6) is -8.12. The molecule has 5 N–H and O–H groups in total. The molecule has 3 aromatic rings. The maximum Gasteiger partial charge on any atom is 2.00 e. The summed E-state index contributed by atoms with van der Waals surface area (Å²) in [6.07, 6.45) is 0. The summed E-state index contributed by atoms with van der Waals surface area (Å²) in [5, 5.41) is 101. The van der Waals surface area contributed by atoms with E-state index in [4.69, 9.17) is 55.2 Å². The Bertz CT molecular complexity index is 1410. The topological polar surface area (TPSA) is 342 Å². The number of aliphatic hydroxyl groups is 2. The number of hydrogen-bond acceptors (Lipinski definition) is 14. The predicted molar refractivity (Wildman–Crippen MR) is 202 cm³/mol. The van der Waals surface area contributed by atoms with E-state index in [1.54, 1.807) is 0 Å². The molecule has 0 bridgehead atoms. The number of aliphatic hydroxyl groups excluding tert-OH is 2. The maximum absolute atomic E-state index is 10.7. The molecule has 0 aliphatic heterocycles. The molecule has 0 atom stereocenters. The number of likely N-dealkylation sites (N-methyl/N-ethyl adjacent to an activating group) is 2. The molecule has 3 aromatic carbocycles. The number of quaternary nitrogens is 2. The molecule has 21 heteroatoms. The van der Waals surface area contributed by atoms with E-state index in [1.165, 1.54) is 72.8 Å². The zero-order chi connectivity index (χ0) is 45.2. The van der Waals surface area contributed by atoms with Crippen LogP contribution in [0.15, 0.2) is 72.8 Å². The van der Waals surface area contributed by atoms with Crippen LogP contribution in [0.3, 0.4) is 0 Å². The first-order valence-corrected chi connectivity index (χ1v) is 15.8. The molecule has 58 heavy (non-hydrogen) atoms. The largest absolute Gasteiger partial charge is 2.00 e. The number of rotatable bonds is 7. The molecule has 0 saturated heterocycles. The number of aromatic carboxylic acids is 3. The van der Waals surface area contributed by atoms with Gasteiger partial charge in [-0.2, -0.15) is 0 Å². The molecule has 0 fully saturated rings. The third-order valence-electron chi connectivity index (χ3n) is 4.89. The molecule has 0 unspecified atom stereocenters. The van der Waals surface area contributed by atoms with E-state index in [-0.39, 0.29) is 105 Å². The van der Waals surface area contributed by atoms with Crippen molar-refractivity contribution in [2.45, 2.75) is 20.8 Å². The smallest absolute Gasteiger partial charge is 0.872 e. The van der Waals surface area contributed by atoms with Crippen molar-refractivity contribution in [2.75, 3.05) is 68.6 Å². The fraction of sp³-hybridized carbons (Fsp3) is 0.351. The van der Waals surface area contributed by atoms with Crippen molar-refractivity contribution < 1.29 is 93.9 Å². The maximum atomic E-state index is 10.7. The van der Waals surface area contributed by atoms with Gasteiger partial charge in [0.05, 0.1) is 72.2 Å². The number of nitrogens with zero attached hydrogens (tertiary/aromatic N) is 2. The fourth-order valence-corrected chi connectivity index (χ4v) is 2.53. The van der Waals surface area contributed by atoms with E-state index >= 15 is 0 Å². The molecule has 0 heterocycles. The van der Waals surface area contributed by atoms with Crippen LogP contribution < -0.4 is 30.6 Å². The number of carboxylic acids is 6. The van der Waals surface area contributed by atoms with Crippen molar-refractivity contribution in [2.24, 2.45) is 0 Å². The van der Waals surface area contributed by atoms with Gasteiger partial charge in [-0.1, -0.05) is 71.8 Å². The summed E-state index contributed by atoms with van der Waals surface area (Å²) in [6.45, 7) is 5.15. The zero-order valence-electron chi connectivity index (χ0n) is 34.2. The SMILES string of the molecule is CC(=O)[O-].CC(=O)[O-].CC(=O)[O-].C[N+](C)(C)CCO.C[N+](C)(C)CCO.O=C(O)c1ccccc1[O-].O=C(O)c1ccccc1[O-].O=C(O)c1ccccc1[O-].[Ca+2].[Ca+2]. The second-order valence-electron chi connectivity index (χ2n) is 12.4. The molecule has 0 aromatic heterocycles. The molecule has 0 aliphatic rings. The quantitative estimate of drug-likeness (QED) is 0.112. The van der Waals surface area contributed by atoms with Crippen molar-refractivity contribution >= 4 is 111 Å². The van der Waals surface area contributed by atoms with Crippen LogP contribution in [0.2, 0.25) is 0 Å². The zero-order valence-corrected chi connectivity index (χ0v) is 38.6. The van der Waals surface area contributed by atoms with Gasteiger partial charge in [0.2, 0.25) is 0 Å². The second-order valence-corrected chi connectivity index (χ2v) is 12.4. The van der Waals surface area contributed by atoms with Gasteiger partial charge in [0.1, 0.15) is 13.1 Å². The van der Waals surface area contributed by atoms with Gasteiger partial charge in [-0.15, -0.1) is 0 Å². The number of para-hydroxylation sites is 3. The predicted octanol–water partition coefficient (Wildman–Crippen LogP) is -3.75. The van der Waals surface area contributed by atoms with Gasteiger partial charge in [0.25, 0.3) is 0 Å². The molecule has 0 saturated carbocycles. The molecule has 0 spiro atoms. The van der Waals surface area contributed by atoms with Crippen LogP contribution >= 0.6 is 0 Å². The van der Waals surface area contributed by atoms with E-state index in [0.29, 0.717) is 0 Å². The van der Waals surface area contributed by atoms with Crippen LogP contribution in [0.4, 0.5) is 0 Å². The van der Waals surface area contributed by atoms with E-state index in [2.05, 4.69) is 42.3 Å². The van der Waals surface area contributed by atoms with E-state index in [0.717, 1.165) is 42.8 Å². The van der Waals surface area contributed by atoms with Gasteiger partial charge in [-0.05, 0) is 39.0 Å². The van der Waals surface area contributed by atoms with E-state index in [9.17, 15) is 29.7 Å². The fourth-order valence-electron chi connectivity index (χ4n) is 2.53. The van der Waals surface area contributed by atoms with Crippen LogP contribution in [-0.2, 0) is 14.4 Å². The second kappa shape index (κ2) is 40.0. The third kappa shape index (κ3) is 56.6. The monoisotopic (exact) mass is 876 g/mol. The first kappa shape index (κ1) is 68.9. The summed E-state index contributed by atoms with van der Waals surface area (Å²) in [4.78, 5) is 57.3. The average molecular weight is 877 g/mol. The molecule has 0 radical (unpaired) electrons. The van der Waals surface area contributed by atoms with Crippen LogP contribution in [0, 0.1) is 0 Å². The molecule has 0 aliphatic carbocycles. The summed E-state index contributed by atoms with van der Waals surface area (Å²) in [7, 11) is 12.3. The molecule has 0 amide bonds. The van der Waals surface area contributed by atoms with Gasteiger partial charge in [-0.3, -0.25) is 0 Å². The molecular weight excluding hydrogens is 825 g/mol. The Morgan fingerprint density at radius 2 is 0.603 bits per heavy atom. The summed E-state index contributed by atoms with van der Waals surface area (Å²) >= 11 is 0. The molecule has 19 nitrogen and oxygen atoms in total. The molecule has 316 valence electrons. The van der Waals surface area contributed by atoms with Crippen LogP contribution in [0.1, 0.15) is 51.8 Å². The van der Waals surface area contributed by atoms with Gasteiger partial charge < -0.3 is 79.5 Å². The van der Waals surface area contributed by atoms with Crippen LogP contribution in [0.25, 0.3) is 0 Å². The van der Waals surface area contributed by atoms with Gasteiger partial charge in [0.15, 0.2) is 0 Å². The summed E-state index contributed by atoms with van der Waals surface area (Å²) in [6, 6.07) is 16.6. The number of benzene rings is 3. The Balaban J connectivity index is -0.000000105. The summed E-state index contributed by atoms with van der Waals surface area (Å²) < 4.78 is 1.69. The molecule has 3 rings (SSSR count). The van der Waals surface area contributed by atoms with Crippen LogP contribution in [0.5, 0.6) is 17.2 Å². The minimum absolute atomic E-state index is 0. The number of carbonyl (C=O) groups is 6. The van der Waals surface area contributed by atoms with Gasteiger partial charge in [0, 0.05) is 17.9 Å². The minimum atomic E-state index is -1.18. The van der Waals surface area contributed by atoms with Crippen LogP contribution in [-0.4, -0.2) is 214 Å². The van der Waals surface area contributed by atoms with Crippen molar-refractivity contribution in [3.8, 4) is 17.2 Å². The van der Waals surface area contributed by atoms with E-state index in [1.807, 2.05) is 0 Å². The molecular formula is C37H52Ca2N2O17. The van der Waals surface area contributed by atoms with Crippen molar-refractivity contribution in [3.63, 3.8) is 0 Å². The van der Waals surface area contributed by atoms with E-state index < -0.39 is 53.1 Å². The summed E-state index contributed by atoms with van der Waals surface area (Å²) in [5.41, 5.74) is -0.535. The Hall–Kier alpha value is -3.76.